The molecule has 0 saturated heterocycles. The van der Waals surface area contributed by atoms with Crippen molar-refractivity contribution in [3.05, 3.63) is 34.3 Å². The van der Waals surface area contributed by atoms with Gasteiger partial charge in [0.15, 0.2) is 0 Å². The van der Waals surface area contributed by atoms with Gasteiger partial charge in [0.1, 0.15) is 12.4 Å². The summed E-state index contributed by atoms with van der Waals surface area (Å²) < 4.78 is 0.992. The van der Waals surface area contributed by atoms with Crippen LogP contribution in [-0.2, 0) is 11.2 Å². The second-order valence-electron chi connectivity index (χ2n) is 2.53. The standard InChI is InChI=1S/C9H9BrO2/c10-8-3-1-7(2-4-8)5-9(12)6-11/h1-4,6,9,12H,5H2. The molecule has 0 amide bonds. The Morgan fingerprint density at radius 3 is 2.50 bits per heavy atom. The van der Waals surface area contributed by atoms with E-state index in [4.69, 9.17) is 5.11 Å². The van der Waals surface area contributed by atoms with Crippen molar-refractivity contribution in [2.24, 2.45) is 0 Å². The molecule has 0 heterocycles. The van der Waals surface area contributed by atoms with Gasteiger partial charge in [0.05, 0.1) is 0 Å². The number of aliphatic hydroxyl groups excluding tert-OH is 1. The van der Waals surface area contributed by atoms with Crippen molar-refractivity contribution in [2.75, 3.05) is 0 Å². The van der Waals surface area contributed by atoms with Crippen molar-refractivity contribution in [1.29, 1.82) is 0 Å². The minimum Gasteiger partial charge on any atom is -0.385 e. The lowest BCUT2D eigenvalue weighted by Gasteiger charge is -2.02. The fourth-order valence-electron chi connectivity index (χ4n) is 0.910. The third kappa shape index (κ3) is 2.75. The summed E-state index contributed by atoms with van der Waals surface area (Å²) in [5.74, 6) is 0. The predicted molar refractivity (Wildman–Crippen MR) is 49.9 cm³/mol. The second kappa shape index (κ2) is 4.38. The first-order chi connectivity index (χ1) is 5.72. The van der Waals surface area contributed by atoms with E-state index in [0.29, 0.717) is 12.7 Å². The molecule has 0 spiro atoms. The molecule has 1 aromatic rings. The topological polar surface area (TPSA) is 37.3 Å². The quantitative estimate of drug-likeness (QED) is 0.798. The first-order valence-electron chi connectivity index (χ1n) is 3.60. The summed E-state index contributed by atoms with van der Waals surface area (Å²) in [7, 11) is 0. The molecule has 1 rings (SSSR count). The molecule has 0 radical (unpaired) electrons. The number of hydrogen-bond acceptors (Lipinski definition) is 2. The van der Waals surface area contributed by atoms with Crippen LogP contribution < -0.4 is 0 Å². The lowest BCUT2D eigenvalue weighted by atomic mass is 10.1. The normalized spacial score (nSPS) is 12.5. The average molecular weight is 229 g/mol. The minimum atomic E-state index is -0.883. The summed E-state index contributed by atoms with van der Waals surface area (Å²) in [4.78, 5) is 10.1. The van der Waals surface area contributed by atoms with Crippen molar-refractivity contribution in [1.82, 2.24) is 0 Å². The number of carbonyl (C=O) groups is 1. The molecule has 3 heteroatoms. The van der Waals surface area contributed by atoms with E-state index in [1.165, 1.54) is 0 Å². The van der Waals surface area contributed by atoms with E-state index in [2.05, 4.69) is 15.9 Å². The SMILES string of the molecule is O=CC(O)Cc1ccc(Br)cc1. The Balaban J connectivity index is 2.64. The molecule has 0 aliphatic heterocycles. The van der Waals surface area contributed by atoms with Gasteiger partial charge in [-0.05, 0) is 17.7 Å². The largest absolute Gasteiger partial charge is 0.385 e. The van der Waals surface area contributed by atoms with E-state index >= 15 is 0 Å². The van der Waals surface area contributed by atoms with Crippen LogP contribution in [-0.4, -0.2) is 17.5 Å². The van der Waals surface area contributed by atoms with Crippen molar-refractivity contribution in [3.8, 4) is 0 Å². The number of benzene rings is 1. The van der Waals surface area contributed by atoms with Gasteiger partial charge in [0.25, 0.3) is 0 Å². The van der Waals surface area contributed by atoms with Gasteiger partial charge < -0.3 is 9.90 Å². The Morgan fingerprint density at radius 2 is 2.00 bits per heavy atom. The number of aldehydes is 1. The molecule has 1 aromatic carbocycles. The van der Waals surface area contributed by atoms with E-state index in [9.17, 15) is 4.79 Å². The molecule has 0 aliphatic carbocycles. The minimum absolute atomic E-state index is 0.386. The van der Waals surface area contributed by atoms with Crippen molar-refractivity contribution >= 4 is 22.2 Å². The van der Waals surface area contributed by atoms with Gasteiger partial charge in [-0.3, -0.25) is 0 Å². The van der Waals surface area contributed by atoms with E-state index in [-0.39, 0.29) is 0 Å². The monoisotopic (exact) mass is 228 g/mol. The van der Waals surface area contributed by atoms with Crippen molar-refractivity contribution in [2.45, 2.75) is 12.5 Å². The Morgan fingerprint density at radius 1 is 1.42 bits per heavy atom. The summed E-state index contributed by atoms with van der Waals surface area (Å²) >= 11 is 3.30. The van der Waals surface area contributed by atoms with Crippen molar-refractivity contribution in [3.63, 3.8) is 0 Å². The maximum absolute atomic E-state index is 10.1. The summed E-state index contributed by atoms with van der Waals surface area (Å²) in [6.45, 7) is 0. The number of rotatable bonds is 3. The fourth-order valence-corrected chi connectivity index (χ4v) is 1.17. The summed E-state index contributed by atoms with van der Waals surface area (Å²) in [5.41, 5.74) is 0.956. The highest BCUT2D eigenvalue weighted by atomic mass is 79.9. The Kier molecular flexibility index (Phi) is 3.44. The van der Waals surface area contributed by atoms with Gasteiger partial charge in [-0.1, -0.05) is 28.1 Å². The Labute approximate surface area is 79.3 Å². The van der Waals surface area contributed by atoms with Gasteiger partial charge in [-0.2, -0.15) is 0 Å². The maximum Gasteiger partial charge on any atom is 0.148 e. The smallest absolute Gasteiger partial charge is 0.148 e. The fraction of sp³-hybridized carbons (Fsp3) is 0.222. The van der Waals surface area contributed by atoms with Crippen LogP contribution in [0.1, 0.15) is 5.56 Å². The van der Waals surface area contributed by atoms with Gasteiger partial charge >= 0.3 is 0 Å². The lowest BCUT2D eigenvalue weighted by molar-refractivity contribution is -0.114. The highest BCUT2D eigenvalue weighted by molar-refractivity contribution is 9.10. The highest BCUT2D eigenvalue weighted by Gasteiger charge is 2.02. The molecule has 0 bridgehead atoms. The van der Waals surface area contributed by atoms with E-state index < -0.39 is 6.10 Å². The van der Waals surface area contributed by atoms with Crippen molar-refractivity contribution < 1.29 is 9.90 Å². The number of aliphatic hydroxyl groups is 1. The maximum atomic E-state index is 10.1. The zero-order valence-corrected chi connectivity index (χ0v) is 7.99. The van der Waals surface area contributed by atoms with Gasteiger partial charge in [-0.25, -0.2) is 0 Å². The van der Waals surface area contributed by atoms with Gasteiger partial charge in [0, 0.05) is 10.9 Å². The molecule has 0 fully saturated rings. The molecular weight excluding hydrogens is 220 g/mol. The van der Waals surface area contributed by atoms with Crippen LogP contribution in [0.25, 0.3) is 0 Å². The molecule has 1 unspecified atom stereocenters. The molecule has 2 nitrogen and oxygen atoms in total. The van der Waals surface area contributed by atoms with E-state index in [1.54, 1.807) is 0 Å². The molecule has 64 valence electrons. The summed E-state index contributed by atoms with van der Waals surface area (Å²) in [6.07, 6.45) is 0.0462. The molecule has 0 aromatic heterocycles. The highest BCUT2D eigenvalue weighted by Crippen LogP contribution is 2.11. The van der Waals surface area contributed by atoms with E-state index in [0.717, 1.165) is 10.0 Å². The molecule has 0 aliphatic rings. The zero-order chi connectivity index (χ0) is 8.97. The first kappa shape index (κ1) is 9.42. The Hall–Kier alpha value is -0.670. The predicted octanol–water partition coefficient (Wildman–Crippen LogP) is 1.55. The molecule has 0 saturated carbocycles. The van der Waals surface area contributed by atoms with Crippen LogP contribution in [0.3, 0.4) is 0 Å². The van der Waals surface area contributed by atoms with Crippen LogP contribution in [0.15, 0.2) is 28.7 Å². The van der Waals surface area contributed by atoms with Crippen LogP contribution in [0, 0.1) is 0 Å². The third-order valence-electron chi connectivity index (χ3n) is 1.52. The van der Waals surface area contributed by atoms with Crippen LogP contribution in [0.2, 0.25) is 0 Å². The number of carbonyl (C=O) groups excluding carboxylic acids is 1. The Bertz CT molecular complexity index is 256. The number of hydrogen-bond donors (Lipinski definition) is 1. The number of halogens is 1. The second-order valence-corrected chi connectivity index (χ2v) is 3.45. The lowest BCUT2D eigenvalue weighted by Crippen LogP contribution is -2.11. The van der Waals surface area contributed by atoms with Gasteiger partial charge in [0.2, 0.25) is 0 Å². The molecule has 12 heavy (non-hydrogen) atoms. The summed E-state index contributed by atoms with van der Waals surface area (Å²) in [5, 5.41) is 9.00. The summed E-state index contributed by atoms with van der Waals surface area (Å²) in [6, 6.07) is 7.51. The molecular formula is C9H9BrO2. The molecule has 1 atom stereocenters. The van der Waals surface area contributed by atoms with Crippen LogP contribution >= 0.6 is 15.9 Å². The zero-order valence-electron chi connectivity index (χ0n) is 6.40. The van der Waals surface area contributed by atoms with E-state index in [1.807, 2.05) is 24.3 Å². The molecule has 1 N–H and O–H groups in total. The average Bonchev–Trinajstić information content (AvgIpc) is 2.09. The van der Waals surface area contributed by atoms with Crippen LogP contribution in [0.5, 0.6) is 0 Å². The van der Waals surface area contributed by atoms with Crippen LogP contribution in [0.4, 0.5) is 0 Å². The van der Waals surface area contributed by atoms with Gasteiger partial charge in [-0.15, -0.1) is 0 Å². The third-order valence-corrected chi connectivity index (χ3v) is 2.04. The first-order valence-corrected chi connectivity index (χ1v) is 4.39.